The van der Waals surface area contributed by atoms with E-state index >= 15 is 0 Å². The summed E-state index contributed by atoms with van der Waals surface area (Å²) in [4.78, 5) is 24.6. The van der Waals surface area contributed by atoms with Crippen LogP contribution in [0.25, 0.3) is 0 Å². The number of rotatable bonds is 7. The Morgan fingerprint density at radius 3 is 2.81 bits per heavy atom. The Labute approximate surface area is 183 Å². The zero-order chi connectivity index (χ0) is 21.6. The molecule has 168 valence electrons. The number of nitrogens with zero attached hydrogens (tertiary/aromatic N) is 3. The molecule has 0 unspecified atom stereocenters. The van der Waals surface area contributed by atoms with Crippen molar-refractivity contribution < 1.29 is 14.2 Å². The van der Waals surface area contributed by atoms with E-state index in [9.17, 15) is 4.79 Å². The lowest BCUT2D eigenvalue weighted by atomic mass is 9.94. The van der Waals surface area contributed by atoms with Crippen molar-refractivity contribution in [2.75, 3.05) is 58.0 Å². The summed E-state index contributed by atoms with van der Waals surface area (Å²) in [6, 6.07) is 7.79. The third kappa shape index (κ3) is 5.37. The quantitative estimate of drug-likeness (QED) is 0.725. The molecule has 0 saturated carbocycles. The van der Waals surface area contributed by atoms with E-state index in [1.165, 1.54) is 5.56 Å². The van der Waals surface area contributed by atoms with E-state index < -0.39 is 0 Å². The lowest BCUT2D eigenvalue weighted by Gasteiger charge is -2.33. The van der Waals surface area contributed by atoms with Gasteiger partial charge in [-0.1, -0.05) is 6.07 Å². The highest BCUT2D eigenvalue weighted by Gasteiger charge is 2.24. The van der Waals surface area contributed by atoms with E-state index in [0.717, 1.165) is 62.8 Å². The second-order valence-electron chi connectivity index (χ2n) is 8.09. The maximum absolute atomic E-state index is 12.3. The molecule has 2 aromatic rings. The van der Waals surface area contributed by atoms with Gasteiger partial charge in [0.05, 0.1) is 32.6 Å². The summed E-state index contributed by atoms with van der Waals surface area (Å²) in [5.41, 5.74) is 2.00. The monoisotopic (exact) mass is 428 g/mol. The van der Waals surface area contributed by atoms with Gasteiger partial charge >= 0.3 is 0 Å². The SMILES string of the molecule is CCOc1cc(CN2CCC[C@H](c3cc(=O)[nH]c(N4CCOCC4)n3)C2)ccc1OC. The molecule has 1 atom stereocenters. The number of aromatic nitrogens is 2. The van der Waals surface area contributed by atoms with E-state index in [1.807, 2.05) is 13.0 Å². The van der Waals surface area contributed by atoms with E-state index in [4.69, 9.17) is 19.2 Å². The van der Waals surface area contributed by atoms with Gasteiger partial charge in [-0.05, 0) is 44.0 Å². The molecular weight excluding hydrogens is 396 g/mol. The van der Waals surface area contributed by atoms with Crippen LogP contribution in [0.2, 0.25) is 0 Å². The number of hydrogen-bond donors (Lipinski definition) is 1. The van der Waals surface area contributed by atoms with Crippen molar-refractivity contribution in [3.8, 4) is 11.5 Å². The predicted molar refractivity (Wildman–Crippen MR) is 119 cm³/mol. The summed E-state index contributed by atoms with van der Waals surface area (Å²) in [5.74, 6) is 2.45. The molecule has 2 aliphatic rings. The Morgan fingerprint density at radius 2 is 2.03 bits per heavy atom. The van der Waals surface area contributed by atoms with Crippen LogP contribution in [-0.2, 0) is 11.3 Å². The average molecular weight is 429 g/mol. The Bertz CT molecular complexity index is 926. The predicted octanol–water partition coefficient (Wildman–Crippen LogP) is 2.39. The number of H-pyrrole nitrogens is 1. The molecule has 2 fully saturated rings. The largest absolute Gasteiger partial charge is 0.493 e. The van der Waals surface area contributed by atoms with Gasteiger partial charge in [0.2, 0.25) is 5.95 Å². The average Bonchev–Trinajstić information content (AvgIpc) is 2.80. The number of benzene rings is 1. The zero-order valence-electron chi connectivity index (χ0n) is 18.4. The second kappa shape index (κ2) is 10.2. The highest BCUT2D eigenvalue weighted by molar-refractivity contribution is 5.43. The van der Waals surface area contributed by atoms with Crippen molar-refractivity contribution in [3.05, 3.63) is 45.9 Å². The lowest BCUT2D eigenvalue weighted by molar-refractivity contribution is 0.122. The van der Waals surface area contributed by atoms with Crippen LogP contribution >= 0.6 is 0 Å². The van der Waals surface area contributed by atoms with Crippen LogP contribution < -0.4 is 19.9 Å². The fourth-order valence-electron chi connectivity index (χ4n) is 4.38. The highest BCUT2D eigenvalue weighted by atomic mass is 16.5. The van der Waals surface area contributed by atoms with Crippen molar-refractivity contribution in [1.29, 1.82) is 0 Å². The number of likely N-dealkylation sites (tertiary alicyclic amines) is 1. The summed E-state index contributed by atoms with van der Waals surface area (Å²) >= 11 is 0. The van der Waals surface area contributed by atoms with E-state index in [2.05, 4.69) is 26.9 Å². The topological polar surface area (TPSA) is 79.9 Å². The molecule has 1 aromatic heterocycles. The molecule has 1 N–H and O–H groups in total. The summed E-state index contributed by atoms with van der Waals surface area (Å²) in [6.45, 7) is 8.16. The standard InChI is InChI=1S/C23H32N4O4/c1-3-31-21-13-17(6-7-20(21)29-2)15-26-8-4-5-18(16-26)19-14-22(28)25-23(24-19)27-9-11-30-12-10-27/h6-7,13-14,18H,3-5,8-12,15-16H2,1-2H3,(H,24,25,28)/t18-/m0/s1. The van der Waals surface area contributed by atoms with Gasteiger partial charge in [-0.15, -0.1) is 0 Å². The molecule has 0 spiro atoms. The third-order valence-corrected chi connectivity index (χ3v) is 5.92. The first-order valence-corrected chi connectivity index (χ1v) is 11.1. The molecule has 2 saturated heterocycles. The van der Waals surface area contributed by atoms with Crippen molar-refractivity contribution in [2.45, 2.75) is 32.2 Å². The summed E-state index contributed by atoms with van der Waals surface area (Å²) in [7, 11) is 1.66. The van der Waals surface area contributed by atoms with Crippen LogP contribution in [0.15, 0.2) is 29.1 Å². The van der Waals surface area contributed by atoms with Gasteiger partial charge in [-0.3, -0.25) is 14.7 Å². The van der Waals surface area contributed by atoms with Crippen molar-refractivity contribution in [2.24, 2.45) is 0 Å². The smallest absolute Gasteiger partial charge is 0.252 e. The van der Waals surface area contributed by atoms with Crippen LogP contribution in [0, 0.1) is 0 Å². The maximum atomic E-state index is 12.3. The summed E-state index contributed by atoms with van der Waals surface area (Å²) < 4.78 is 16.5. The van der Waals surface area contributed by atoms with Crippen LogP contribution in [0.4, 0.5) is 5.95 Å². The molecule has 8 heteroatoms. The first kappa shape index (κ1) is 21.6. The highest BCUT2D eigenvalue weighted by Crippen LogP contribution is 2.31. The van der Waals surface area contributed by atoms with Crippen LogP contribution in [0.3, 0.4) is 0 Å². The Hall–Kier alpha value is -2.58. The number of aromatic amines is 1. The third-order valence-electron chi connectivity index (χ3n) is 5.92. The number of morpholine rings is 1. The molecular formula is C23H32N4O4. The molecule has 0 radical (unpaired) electrons. The first-order valence-electron chi connectivity index (χ1n) is 11.1. The lowest BCUT2D eigenvalue weighted by Crippen LogP contribution is -2.39. The number of piperidine rings is 1. The van der Waals surface area contributed by atoms with Gasteiger partial charge < -0.3 is 19.1 Å². The van der Waals surface area contributed by atoms with Crippen LogP contribution in [0.5, 0.6) is 11.5 Å². The Kier molecular flexibility index (Phi) is 7.09. The van der Waals surface area contributed by atoms with Gasteiger partial charge in [-0.2, -0.15) is 0 Å². The first-order chi connectivity index (χ1) is 15.2. The normalized spacial score (nSPS) is 19.9. The summed E-state index contributed by atoms with van der Waals surface area (Å²) in [6.07, 6.45) is 2.13. The minimum atomic E-state index is -0.0832. The zero-order valence-corrected chi connectivity index (χ0v) is 18.4. The summed E-state index contributed by atoms with van der Waals surface area (Å²) in [5, 5.41) is 0. The van der Waals surface area contributed by atoms with Crippen molar-refractivity contribution >= 4 is 5.95 Å². The molecule has 0 bridgehead atoms. The molecule has 4 rings (SSSR count). The van der Waals surface area contributed by atoms with Crippen molar-refractivity contribution in [1.82, 2.24) is 14.9 Å². The Morgan fingerprint density at radius 1 is 1.19 bits per heavy atom. The minimum absolute atomic E-state index is 0.0832. The van der Waals surface area contributed by atoms with Crippen LogP contribution in [0.1, 0.15) is 36.9 Å². The van der Waals surface area contributed by atoms with Gasteiger partial charge in [-0.25, -0.2) is 4.98 Å². The van der Waals surface area contributed by atoms with E-state index in [0.29, 0.717) is 25.8 Å². The number of ether oxygens (including phenoxy) is 3. The molecule has 8 nitrogen and oxygen atoms in total. The molecule has 0 amide bonds. The Balaban J connectivity index is 1.47. The fourth-order valence-corrected chi connectivity index (χ4v) is 4.38. The minimum Gasteiger partial charge on any atom is -0.493 e. The second-order valence-corrected chi connectivity index (χ2v) is 8.09. The van der Waals surface area contributed by atoms with E-state index in [-0.39, 0.29) is 11.5 Å². The van der Waals surface area contributed by atoms with Crippen molar-refractivity contribution in [3.63, 3.8) is 0 Å². The van der Waals surface area contributed by atoms with Gasteiger partial charge in [0.15, 0.2) is 11.5 Å². The van der Waals surface area contributed by atoms with Gasteiger partial charge in [0.1, 0.15) is 0 Å². The molecule has 1 aromatic carbocycles. The molecule has 31 heavy (non-hydrogen) atoms. The maximum Gasteiger partial charge on any atom is 0.252 e. The van der Waals surface area contributed by atoms with E-state index in [1.54, 1.807) is 13.2 Å². The molecule has 3 heterocycles. The number of hydrogen-bond acceptors (Lipinski definition) is 7. The molecule has 2 aliphatic heterocycles. The van der Waals surface area contributed by atoms with Crippen LogP contribution in [-0.4, -0.2) is 68.0 Å². The van der Waals surface area contributed by atoms with Gasteiger partial charge in [0.25, 0.3) is 5.56 Å². The fraction of sp³-hybridized carbons (Fsp3) is 0.565. The number of methoxy groups -OCH3 is 1. The number of nitrogens with one attached hydrogen (secondary N) is 1. The molecule has 0 aliphatic carbocycles. The number of anilines is 1. The van der Waals surface area contributed by atoms with Gasteiger partial charge in [0, 0.05) is 38.2 Å².